The fraction of sp³-hybridized carbons (Fsp3) is 0.571. The van der Waals surface area contributed by atoms with Crippen LogP contribution in [0.5, 0.6) is 0 Å². The number of hydrogen-bond acceptors (Lipinski definition) is 3. The van der Waals surface area contributed by atoms with Crippen molar-refractivity contribution >= 4 is 11.2 Å². The Bertz CT molecular complexity index is 526. The molecule has 2 aromatic heterocycles. The molecule has 1 fully saturated rings. The average Bonchev–Trinajstić information content (AvgIpc) is 2.78. The molecule has 1 aliphatic carbocycles. The van der Waals surface area contributed by atoms with Crippen LogP contribution in [0.1, 0.15) is 43.5 Å². The molecule has 0 saturated heterocycles. The molecule has 0 bridgehead atoms. The Morgan fingerprint density at radius 1 is 1.33 bits per heavy atom. The van der Waals surface area contributed by atoms with Crippen LogP contribution in [0.2, 0.25) is 0 Å². The lowest BCUT2D eigenvalue weighted by Crippen LogP contribution is -2.30. The Kier molecular flexibility index (Phi) is 3.28. The number of nitrogens with zero attached hydrogens (tertiary/aromatic N) is 2. The van der Waals surface area contributed by atoms with Crippen molar-refractivity contribution < 1.29 is 0 Å². The molecule has 0 amide bonds. The van der Waals surface area contributed by atoms with Gasteiger partial charge in [-0.1, -0.05) is 19.3 Å². The van der Waals surface area contributed by atoms with Crippen molar-refractivity contribution in [3.63, 3.8) is 0 Å². The van der Waals surface area contributed by atoms with Gasteiger partial charge in [0.05, 0.1) is 5.52 Å². The summed E-state index contributed by atoms with van der Waals surface area (Å²) in [5, 5.41) is 3.66. The molecule has 0 atom stereocenters. The lowest BCUT2D eigenvalue weighted by molar-refractivity contribution is 0.372. The van der Waals surface area contributed by atoms with Gasteiger partial charge in [-0.05, 0) is 31.4 Å². The maximum absolute atomic E-state index is 4.37. The highest BCUT2D eigenvalue weighted by Crippen LogP contribution is 2.19. The molecule has 2 heterocycles. The maximum atomic E-state index is 4.37. The van der Waals surface area contributed by atoms with E-state index in [9.17, 15) is 0 Å². The summed E-state index contributed by atoms with van der Waals surface area (Å²) < 4.78 is 0. The summed E-state index contributed by atoms with van der Waals surface area (Å²) >= 11 is 0. The summed E-state index contributed by atoms with van der Waals surface area (Å²) in [6, 6.07) is 2.77. The minimum atomic E-state index is 0.686. The first kappa shape index (κ1) is 11.7. The van der Waals surface area contributed by atoms with E-state index in [4.69, 9.17) is 0 Å². The first-order valence-corrected chi connectivity index (χ1v) is 6.86. The largest absolute Gasteiger partial charge is 0.341 e. The van der Waals surface area contributed by atoms with Crippen LogP contribution >= 0.6 is 0 Å². The first-order chi connectivity index (χ1) is 8.83. The molecular formula is C14H20N4. The monoisotopic (exact) mass is 244 g/mol. The Morgan fingerprint density at radius 2 is 2.17 bits per heavy atom. The standard InChI is InChI=1S/C14H20N4/c1-10-17-13-11(7-8-15-14(13)18-10)9-16-12-5-3-2-4-6-12/h7-8,12,16H,2-6,9H2,1H3,(H,15,17,18). The van der Waals surface area contributed by atoms with Crippen LogP contribution in [0, 0.1) is 6.92 Å². The normalized spacial score (nSPS) is 17.4. The van der Waals surface area contributed by atoms with Crippen LogP contribution in [-0.2, 0) is 6.54 Å². The number of fused-ring (bicyclic) bond motifs is 1. The third-order valence-corrected chi connectivity index (χ3v) is 3.78. The molecule has 96 valence electrons. The van der Waals surface area contributed by atoms with E-state index in [1.165, 1.54) is 37.7 Å². The van der Waals surface area contributed by atoms with E-state index in [2.05, 4.69) is 26.3 Å². The fourth-order valence-electron chi connectivity index (χ4n) is 2.79. The van der Waals surface area contributed by atoms with Gasteiger partial charge in [-0.3, -0.25) is 0 Å². The van der Waals surface area contributed by atoms with E-state index in [-0.39, 0.29) is 0 Å². The van der Waals surface area contributed by atoms with Crippen LogP contribution in [0.4, 0.5) is 0 Å². The zero-order chi connectivity index (χ0) is 12.4. The number of aromatic nitrogens is 3. The van der Waals surface area contributed by atoms with E-state index in [0.717, 1.165) is 23.5 Å². The van der Waals surface area contributed by atoms with Crippen molar-refractivity contribution in [1.29, 1.82) is 0 Å². The topological polar surface area (TPSA) is 53.6 Å². The van der Waals surface area contributed by atoms with Crippen LogP contribution < -0.4 is 5.32 Å². The number of aromatic amines is 1. The molecule has 1 saturated carbocycles. The highest BCUT2D eigenvalue weighted by atomic mass is 15.0. The van der Waals surface area contributed by atoms with Crippen molar-refractivity contribution in [2.24, 2.45) is 0 Å². The second-order valence-electron chi connectivity index (χ2n) is 5.21. The van der Waals surface area contributed by atoms with Crippen LogP contribution in [0.25, 0.3) is 11.2 Å². The minimum Gasteiger partial charge on any atom is -0.341 e. The molecule has 0 unspecified atom stereocenters. The molecule has 18 heavy (non-hydrogen) atoms. The summed E-state index contributed by atoms with van der Waals surface area (Å²) in [4.78, 5) is 12.0. The Hall–Kier alpha value is -1.42. The third kappa shape index (κ3) is 2.38. The number of hydrogen-bond donors (Lipinski definition) is 2. The Morgan fingerprint density at radius 3 is 3.00 bits per heavy atom. The van der Waals surface area contributed by atoms with Gasteiger partial charge in [0.2, 0.25) is 0 Å². The molecule has 4 heteroatoms. The predicted octanol–water partition coefficient (Wildman–Crippen LogP) is 2.69. The summed E-state index contributed by atoms with van der Waals surface area (Å²) in [6.07, 6.45) is 8.61. The van der Waals surface area contributed by atoms with Gasteiger partial charge in [0.15, 0.2) is 5.65 Å². The number of rotatable bonds is 3. The van der Waals surface area contributed by atoms with Gasteiger partial charge in [0.1, 0.15) is 5.82 Å². The van der Waals surface area contributed by atoms with Crippen molar-refractivity contribution in [1.82, 2.24) is 20.3 Å². The lowest BCUT2D eigenvalue weighted by Gasteiger charge is -2.22. The summed E-state index contributed by atoms with van der Waals surface area (Å²) in [7, 11) is 0. The zero-order valence-corrected chi connectivity index (χ0v) is 10.9. The molecule has 0 aromatic carbocycles. The van der Waals surface area contributed by atoms with Crippen LogP contribution in [0.3, 0.4) is 0 Å². The van der Waals surface area contributed by atoms with Gasteiger partial charge >= 0.3 is 0 Å². The Balaban J connectivity index is 1.73. The highest BCUT2D eigenvalue weighted by molar-refractivity contribution is 5.74. The number of imidazole rings is 1. The molecule has 0 radical (unpaired) electrons. The smallest absolute Gasteiger partial charge is 0.177 e. The minimum absolute atomic E-state index is 0.686. The highest BCUT2D eigenvalue weighted by Gasteiger charge is 2.13. The summed E-state index contributed by atoms with van der Waals surface area (Å²) in [6.45, 7) is 2.88. The van der Waals surface area contributed by atoms with Crippen LogP contribution in [-0.4, -0.2) is 21.0 Å². The van der Waals surface area contributed by atoms with E-state index in [0.29, 0.717) is 6.04 Å². The fourth-order valence-corrected chi connectivity index (χ4v) is 2.79. The molecule has 0 aliphatic heterocycles. The third-order valence-electron chi connectivity index (χ3n) is 3.78. The first-order valence-electron chi connectivity index (χ1n) is 6.86. The molecule has 2 aromatic rings. The molecule has 3 rings (SSSR count). The number of aryl methyl sites for hydroxylation is 1. The Labute approximate surface area is 107 Å². The van der Waals surface area contributed by atoms with Gasteiger partial charge in [0, 0.05) is 18.8 Å². The van der Waals surface area contributed by atoms with Crippen molar-refractivity contribution in [2.75, 3.05) is 0 Å². The number of pyridine rings is 1. The molecule has 2 N–H and O–H groups in total. The van der Waals surface area contributed by atoms with Gasteiger partial charge in [-0.2, -0.15) is 0 Å². The molecular weight excluding hydrogens is 224 g/mol. The zero-order valence-electron chi connectivity index (χ0n) is 10.9. The lowest BCUT2D eigenvalue weighted by atomic mass is 9.95. The second-order valence-corrected chi connectivity index (χ2v) is 5.21. The number of H-pyrrole nitrogens is 1. The average molecular weight is 244 g/mol. The summed E-state index contributed by atoms with van der Waals surface area (Å²) in [5.41, 5.74) is 3.18. The molecule has 1 aliphatic rings. The second kappa shape index (κ2) is 5.06. The van der Waals surface area contributed by atoms with E-state index >= 15 is 0 Å². The van der Waals surface area contributed by atoms with Gasteiger partial charge in [0.25, 0.3) is 0 Å². The summed E-state index contributed by atoms with van der Waals surface area (Å²) in [5.74, 6) is 0.933. The van der Waals surface area contributed by atoms with Gasteiger partial charge in [-0.15, -0.1) is 0 Å². The van der Waals surface area contributed by atoms with Gasteiger partial charge < -0.3 is 10.3 Å². The van der Waals surface area contributed by atoms with E-state index in [1.54, 1.807) is 0 Å². The van der Waals surface area contributed by atoms with E-state index in [1.807, 2.05) is 13.1 Å². The van der Waals surface area contributed by atoms with Gasteiger partial charge in [-0.25, -0.2) is 9.97 Å². The predicted molar refractivity (Wildman–Crippen MR) is 72.3 cm³/mol. The quantitative estimate of drug-likeness (QED) is 0.872. The number of nitrogens with one attached hydrogen (secondary N) is 2. The van der Waals surface area contributed by atoms with E-state index < -0.39 is 0 Å². The van der Waals surface area contributed by atoms with Crippen molar-refractivity contribution in [3.8, 4) is 0 Å². The SMILES string of the molecule is Cc1nc2nccc(CNC3CCCCC3)c2[nH]1. The van der Waals surface area contributed by atoms with Crippen LogP contribution in [0.15, 0.2) is 12.3 Å². The molecule has 4 nitrogen and oxygen atoms in total. The maximum Gasteiger partial charge on any atom is 0.177 e. The van der Waals surface area contributed by atoms with Crippen molar-refractivity contribution in [3.05, 3.63) is 23.7 Å². The van der Waals surface area contributed by atoms with Crippen molar-refractivity contribution in [2.45, 2.75) is 51.6 Å². The molecule has 0 spiro atoms.